The number of nitrogens with one attached hydrogen (secondary N) is 1. The van der Waals surface area contributed by atoms with Gasteiger partial charge in [0.05, 0.1) is 11.5 Å². The number of carbonyl (C=O) groups is 3. The molecule has 6 heteroatoms. The number of hydrogen-bond acceptors (Lipinski definition) is 5. The van der Waals surface area contributed by atoms with Crippen LogP contribution in [0.4, 0.5) is 0 Å². The Morgan fingerprint density at radius 2 is 1.70 bits per heavy atom. The Labute approximate surface area is 218 Å². The van der Waals surface area contributed by atoms with Gasteiger partial charge in [-0.05, 0) is 65.2 Å². The highest BCUT2D eigenvalue weighted by Crippen LogP contribution is 2.77. The third kappa shape index (κ3) is 4.42. The summed E-state index contributed by atoms with van der Waals surface area (Å²) in [6.45, 7) is 6.70. The molecular formula is C31H35NO5. The molecule has 0 aromatic heterocycles. The molecule has 0 saturated heterocycles. The van der Waals surface area contributed by atoms with E-state index in [4.69, 9.17) is 4.74 Å². The topological polar surface area (TPSA) is 92.7 Å². The number of fused-ring (bicyclic) bond motifs is 3. The number of carbonyl (C=O) groups excluding carboxylic acids is 3. The maximum Gasteiger partial charge on any atom is 0.337 e. The standard InChI is InChI=1S/C31H35NO5/c1-29(2)15-22-14-23(31(19-33)18-30(31,3)24(22)16-29)17-37-28(36)26(34)25(20-10-6-4-7-11-20)32-27(35)21-12-8-5-9-13-21/h4-14,19,22,24-26,34H,15-18H2,1-3H3,(H,32,35)/t22-,24+,25+,26-,30-,31+/m1/s1. The van der Waals surface area contributed by atoms with Gasteiger partial charge in [0.1, 0.15) is 12.9 Å². The van der Waals surface area contributed by atoms with Crippen LogP contribution >= 0.6 is 0 Å². The number of esters is 1. The second kappa shape index (κ2) is 9.25. The molecular weight excluding hydrogens is 466 g/mol. The van der Waals surface area contributed by atoms with Gasteiger partial charge in [0, 0.05) is 5.56 Å². The number of aliphatic hydroxyl groups is 1. The number of allylic oxidation sites excluding steroid dienone is 1. The van der Waals surface area contributed by atoms with Crippen molar-refractivity contribution in [2.45, 2.75) is 52.2 Å². The molecule has 194 valence electrons. The van der Waals surface area contributed by atoms with Gasteiger partial charge in [-0.3, -0.25) is 4.79 Å². The SMILES string of the molecule is CC1(C)C[C@H]2C=C(COC(=O)[C@H](O)[C@@H](NC(=O)c3ccccc3)c3ccccc3)[C@@]3(C=O)C[C@]3(C)[C@H]2C1. The minimum absolute atomic E-state index is 0.0397. The molecule has 3 aliphatic rings. The highest BCUT2D eigenvalue weighted by molar-refractivity contribution is 5.95. The average molecular weight is 502 g/mol. The summed E-state index contributed by atoms with van der Waals surface area (Å²) in [7, 11) is 0. The zero-order chi connectivity index (χ0) is 26.4. The summed E-state index contributed by atoms with van der Waals surface area (Å²) >= 11 is 0. The predicted molar refractivity (Wildman–Crippen MR) is 139 cm³/mol. The number of benzene rings is 2. The van der Waals surface area contributed by atoms with Gasteiger partial charge < -0.3 is 20.0 Å². The molecule has 0 spiro atoms. The van der Waals surface area contributed by atoms with Crippen LogP contribution in [-0.4, -0.2) is 36.0 Å². The number of rotatable bonds is 8. The average Bonchev–Trinajstić information content (AvgIpc) is 3.42. The second-order valence-electron chi connectivity index (χ2n) is 12.0. The van der Waals surface area contributed by atoms with Crippen molar-refractivity contribution in [3.63, 3.8) is 0 Å². The third-order valence-corrected chi connectivity index (χ3v) is 9.03. The van der Waals surface area contributed by atoms with E-state index in [2.05, 4.69) is 32.2 Å². The molecule has 0 bridgehead atoms. The normalized spacial score (nSPS) is 30.6. The van der Waals surface area contributed by atoms with Crippen molar-refractivity contribution in [3.05, 3.63) is 83.4 Å². The molecule has 0 unspecified atom stereocenters. The number of aliphatic hydroxyl groups excluding tert-OH is 1. The van der Waals surface area contributed by atoms with Gasteiger partial charge >= 0.3 is 5.97 Å². The quantitative estimate of drug-likeness (QED) is 0.312. The first-order chi connectivity index (χ1) is 17.6. The van der Waals surface area contributed by atoms with Crippen molar-refractivity contribution >= 4 is 18.2 Å². The highest BCUT2D eigenvalue weighted by atomic mass is 16.5. The lowest BCUT2D eigenvalue weighted by molar-refractivity contribution is -0.154. The van der Waals surface area contributed by atoms with Crippen molar-refractivity contribution in [1.82, 2.24) is 5.32 Å². The number of aldehydes is 1. The maximum atomic E-state index is 13.1. The van der Waals surface area contributed by atoms with E-state index in [1.807, 2.05) is 12.1 Å². The Hall–Kier alpha value is -3.25. The molecule has 0 aliphatic heterocycles. The van der Waals surface area contributed by atoms with Gasteiger partial charge in [0.15, 0.2) is 6.10 Å². The molecule has 2 aromatic carbocycles. The second-order valence-corrected chi connectivity index (χ2v) is 12.0. The minimum Gasteiger partial charge on any atom is -0.459 e. The Morgan fingerprint density at radius 3 is 2.35 bits per heavy atom. The lowest BCUT2D eigenvalue weighted by atomic mass is 9.69. The van der Waals surface area contributed by atoms with Gasteiger partial charge in [0.25, 0.3) is 5.91 Å². The van der Waals surface area contributed by atoms with Crippen LogP contribution in [0.15, 0.2) is 72.3 Å². The Bertz CT molecular complexity index is 1220. The van der Waals surface area contributed by atoms with Crippen LogP contribution in [0.1, 0.15) is 62.0 Å². The summed E-state index contributed by atoms with van der Waals surface area (Å²) in [4.78, 5) is 38.3. The zero-order valence-electron chi connectivity index (χ0n) is 21.6. The first-order valence-corrected chi connectivity index (χ1v) is 13.0. The smallest absolute Gasteiger partial charge is 0.337 e. The molecule has 0 heterocycles. The fourth-order valence-electron chi connectivity index (χ4n) is 6.99. The molecule has 2 aromatic rings. The lowest BCUT2D eigenvalue weighted by Crippen LogP contribution is -2.41. The van der Waals surface area contributed by atoms with Crippen molar-refractivity contribution < 1.29 is 24.2 Å². The van der Waals surface area contributed by atoms with Crippen LogP contribution in [0.3, 0.4) is 0 Å². The van der Waals surface area contributed by atoms with Crippen molar-refractivity contribution in [2.75, 3.05) is 6.61 Å². The number of hydrogen-bond donors (Lipinski definition) is 2. The van der Waals surface area contributed by atoms with E-state index in [0.29, 0.717) is 23.0 Å². The molecule has 37 heavy (non-hydrogen) atoms. The molecule has 5 rings (SSSR count). The van der Waals surface area contributed by atoms with Crippen molar-refractivity contribution in [2.24, 2.45) is 28.1 Å². The summed E-state index contributed by atoms with van der Waals surface area (Å²) in [6.07, 6.45) is 4.49. The Balaban J connectivity index is 1.33. The van der Waals surface area contributed by atoms with Gasteiger partial charge in [-0.15, -0.1) is 0 Å². The largest absolute Gasteiger partial charge is 0.459 e. The van der Waals surface area contributed by atoms with Crippen LogP contribution in [0.25, 0.3) is 0 Å². The van der Waals surface area contributed by atoms with Crippen molar-refractivity contribution in [1.29, 1.82) is 0 Å². The first-order valence-electron chi connectivity index (χ1n) is 13.0. The molecule has 1 amide bonds. The Morgan fingerprint density at radius 1 is 1.05 bits per heavy atom. The van der Waals surface area contributed by atoms with Gasteiger partial charge in [-0.1, -0.05) is 75.4 Å². The fraction of sp³-hybridized carbons (Fsp3) is 0.452. The molecule has 2 fully saturated rings. The third-order valence-electron chi connectivity index (χ3n) is 9.03. The molecule has 2 saturated carbocycles. The van der Waals surface area contributed by atoms with Gasteiger partial charge in [-0.2, -0.15) is 0 Å². The molecule has 6 atom stereocenters. The van der Waals surface area contributed by atoms with Gasteiger partial charge in [0.2, 0.25) is 0 Å². The summed E-state index contributed by atoms with van der Waals surface area (Å²) in [5.74, 6) is -0.426. The van der Waals surface area contributed by atoms with E-state index in [1.54, 1.807) is 48.5 Å². The van der Waals surface area contributed by atoms with Crippen LogP contribution < -0.4 is 5.32 Å². The minimum atomic E-state index is -1.62. The Kier molecular flexibility index (Phi) is 6.35. The van der Waals surface area contributed by atoms with Crippen LogP contribution in [0, 0.1) is 28.1 Å². The number of amides is 1. The summed E-state index contributed by atoms with van der Waals surface area (Å²) < 4.78 is 5.64. The fourth-order valence-corrected chi connectivity index (χ4v) is 6.99. The summed E-state index contributed by atoms with van der Waals surface area (Å²) in [5, 5.41) is 13.8. The monoisotopic (exact) mass is 501 g/mol. The maximum absolute atomic E-state index is 13.1. The summed E-state index contributed by atoms with van der Waals surface area (Å²) in [6, 6.07) is 16.5. The zero-order valence-corrected chi connectivity index (χ0v) is 21.6. The van der Waals surface area contributed by atoms with E-state index in [-0.39, 0.29) is 17.4 Å². The summed E-state index contributed by atoms with van der Waals surface area (Å²) in [5.41, 5.74) is 1.36. The van der Waals surface area contributed by atoms with Crippen LogP contribution in [0.2, 0.25) is 0 Å². The lowest BCUT2D eigenvalue weighted by Gasteiger charge is -2.35. The molecule has 3 aliphatic carbocycles. The van der Waals surface area contributed by atoms with Crippen LogP contribution in [-0.2, 0) is 14.3 Å². The van der Waals surface area contributed by atoms with E-state index >= 15 is 0 Å². The van der Waals surface area contributed by atoms with E-state index in [1.165, 1.54) is 0 Å². The first kappa shape index (κ1) is 25.4. The van der Waals surface area contributed by atoms with Gasteiger partial charge in [-0.25, -0.2) is 4.79 Å². The molecule has 2 N–H and O–H groups in total. The highest BCUT2D eigenvalue weighted by Gasteiger charge is 2.73. The molecule has 6 nitrogen and oxygen atoms in total. The van der Waals surface area contributed by atoms with E-state index in [0.717, 1.165) is 31.1 Å². The molecule has 0 radical (unpaired) electrons. The van der Waals surface area contributed by atoms with Crippen LogP contribution in [0.5, 0.6) is 0 Å². The van der Waals surface area contributed by atoms with E-state index in [9.17, 15) is 19.5 Å². The number of ether oxygens (including phenoxy) is 1. The van der Waals surface area contributed by atoms with E-state index < -0.39 is 29.4 Å². The predicted octanol–water partition coefficient (Wildman–Crippen LogP) is 4.65. The van der Waals surface area contributed by atoms with Crippen molar-refractivity contribution in [3.8, 4) is 0 Å².